The van der Waals surface area contributed by atoms with Crippen molar-refractivity contribution in [3.05, 3.63) is 60.7 Å². The summed E-state index contributed by atoms with van der Waals surface area (Å²) in [5.74, 6) is 3.52. The van der Waals surface area contributed by atoms with Crippen LogP contribution in [0.25, 0.3) is 0 Å². The fraction of sp³-hybridized carbons (Fsp3) is 0.400. The van der Waals surface area contributed by atoms with Crippen molar-refractivity contribution in [2.75, 3.05) is 23.0 Å². The van der Waals surface area contributed by atoms with E-state index in [1.54, 1.807) is 0 Å². The second-order valence-corrected chi connectivity index (χ2v) is 10.5. The molecule has 0 aromatic heterocycles. The van der Waals surface area contributed by atoms with Gasteiger partial charge in [0.15, 0.2) is 0 Å². The fourth-order valence-corrected chi connectivity index (χ4v) is 5.56. The van der Waals surface area contributed by atoms with Crippen LogP contribution in [-0.2, 0) is 9.59 Å². The maximum atomic E-state index is 11.2. The van der Waals surface area contributed by atoms with Crippen molar-refractivity contribution in [2.24, 2.45) is 0 Å². The van der Waals surface area contributed by atoms with Crippen molar-refractivity contribution >= 4 is 57.3 Å². The van der Waals surface area contributed by atoms with Crippen LogP contribution in [0.2, 0.25) is 0 Å². The van der Waals surface area contributed by atoms with Gasteiger partial charge in [-0.05, 0) is 37.1 Å². The predicted octanol–water partition coefficient (Wildman–Crippen LogP) is 6.17. The monoisotopic (exact) mass is 426 g/mol. The van der Waals surface area contributed by atoms with Gasteiger partial charge in [0.25, 0.3) is 0 Å². The van der Waals surface area contributed by atoms with E-state index in [1.807, 2.05) is 23.5 Å². The van der Waals surface area contributed by atoms with Gasteiger partial charge in [0.1, 0.15) is 0 Å². The summed E-state index contributed by atoms with van der Waals surface area (Å²) in [4.78, 5) is 22.4. The molecule has 1 aromatic carbocycles. The lowest BCUT2D eigenvalue weighted by molar-refractivity contribution is -0.107. The Morgan fingerprint density at radius 2 is 1.15 bits per heavy atom. The molecule has 0 bridgehead atoms. The molecule has 1 aromatic rings. The van der Waals surface area contributed by atoms with E-state index in [4.69, 9.17) is 0 Å². The quantitative estimate of drug-likeness (QED) is 0.294. The molecule has 0 heterocycles. The molecule has 142 valence electrons. The summed E-state index contributed by atoms with van der Waals surface area (Å²) in [6, 6.07) is 8.79. The van der Waals surface area contributed by atoms with Crippen LogP contribution in [0.4, 0.5) is 0 Å². The third-order valence-electron chi connectivity index (χ3n) is 3.60. The van der Waals surface area contributed by atoms with Crippen molar-refractivity contribution in [3.8, 4) is 0 Å². The Morgan fingerprint density at radius 1 is 0.808 bits per heavy atom. The smallest absolute Gasteiger partial charge is 0.211 e. The lowest BCUT2D eigenvalue weighted by Gasteiger charge is -2.15. The number of hydrogen-bond acceptors (Lipinski definition) is 6. The molecule has 0 fully saturated rings. The van der Waals surface area contributed by atoms with Crippen LogP contribution in [0.5, 0.6) is 0 Å². The first-order valence-corrected chi connectivity index (χ1v) is 12.5. The highest BCUT2D eigenvalue weighted by molar-refractivity contribution is 8.15. The van der Waals surface area contributed by atoms with Crippen LogP contribution < -0.4 is 0 Å². The molecule has 0 aliphatic carbocycles. The van der Waals surface area contributed by atoms with Gasteiger partial charge < -0.3 is 0 Å². The van der Waals surface area contributed by atoms with Crippen molar-refractivity contribution in [2.45, 2.75) is 24.3 Å². The molecule has 2 atom stereocenters. The van der Waals surface area contributed by atoms with Gasteiger partial charge in [0.05, 0.1) is 0 Å². The summed E-state index contributed by atoms with van der Waals surface area (Å²) in [6.45, 7) is 11.4. The van der Waals surface area contributed by atoms with E-state index in [1.165, 1.54) is 46.8 Å². The molecule has 0 radical (unpaired) electrons. The predicted molar refractivity (Wildman–Crippen MR) is 124 cm³/mol. The zero-order valence-electron chi connectivity index (χ0n) is 15.3. The van der Waals surface area contributed by atoms with E-state index >= 15 is 0 Å². The molecule has 26 heavy (non-hydrogen) atoms. The molecular weight excluding hydrogens is 400 g/mol. The average molecular weight is 427 g/mol. The number of hydrogen-bond donors (Lipinski definition) is 0. The molecule has 2 nitrogen and oxygen atoms in total. The van der Waals surface area contributed by atoms with Gasteiger partial charge in [0, 0.05) is 33.5 Å². The third-order valence-corrected chi connectivity index (χ3v) is 8.26. The second-order valence-electron chi connectivity index (χ2n) is 5.44. The Balaban J connectivity index is 2.36. The van der Waals surface area contributed by atoms with Gasteiger partial charge in [-0.1, -0.05) is 60.9 Å². The minimum atomic E-state index is 0.0429. The van der Waals surface area contributed by atoms with Crippen LogP contribution in [0.3, 0.4) is 0 Å². The van der Waals surface area contributed by atoms with Crippen LogP contribution >= 0.6 is 47.0 Å². The molecule has 0 aliphatic rings. The highest BCUT2D eigenvalue weighted by Gasteiger charge is 2.10. The van der Waals surface area contributed by atoms with Gasteiger partial charge >= 0.3 is 0 Å². The molecule has 0 aliphatic heterocycles. The molecule has 0 amide bonds. The molecule has 6 heteroatoms. The van der Waals surface area contributed by atoms with Gasteiger partial charge in [-0.15, -0.1) is 0 Å². The van der Waals surface area contributed by atoms with Gasteiger partial charge in [0.2, 0.25) is 10.2 Å². The zero-order chi connectivity index (χ0) is 19.4. The van der Waals surface area contributed by atoms with Crippen molar-refractivity contribution < 1.29 is 9.59 Å². The molecular formula is C20H26O2S4. The average Bonchev–Trinajstić information content (AvgIpc) is 2.67. The summed E-state index contributed by atoms with van der Waals surface area (Å²) < 4.78 is 0. The number of carbonyl (C=O) groups excluding carboxylic acids is 2. The number of rotatable bonds is 12. The minimum Gasteiger partial charge on any atom is -0.282 e. The molecule has 0 saturated heterocycles. The number of benzene rings is 1. The van der Waals surface area contributed by atoms with E-state index in [2.05, 4.69) is 51.3 Å². The third kappa shape index (κ3) is 9.40. The van der Waals surface area contributed by atoms with E-state index in [0.29, 0.717) is 10.5 Å². The highest BCUT2D eigenvalue weighted by Crippen LogP contribution is 2.32. The first kappa shape index (κ1) is 23.5. The Morgan fingerprint density at radius 3 is 1.46 bits per heavy atom. The SMILES string of the molecule is C=CC(=O)SCCSC(C)c1ccc(C(C)SCCSC(=O)C=C)cc1. The summed E-state index contributed by atoms with van der Waals surface area (Å²) >= 11 is 6.37. The molecule has 0 saturated carbocycles. The molecule has 0 spiro atoms. The highest BCUT2D eigenvalue weighted by atomic mass is 32.2. The summed E-state index contributed by atoms with van der Waals surface area (Å²) in [6.07, 6.45) is 2.74. The second kappa shape index (κ2) is 13.6. The van der Waals surface area contributed by atoms with E-state index in [9.17, 15) is 9.59 Å². The van der Waals surface area contributed by atoms with E-state index < -0.39 is 0 Å². The van der Waals surface area contributed by atoms with Crippen molar-refractivity contribution in [1.82, 2.24) is 0 Å². The van der Waals surface area contributed by atoms with Gasteiger partial charge in [-0.25, -0.2) is 0 Å². The first-order chi connectivity index (χ1) is 12.5. The topological polar surface area (TPSA) is 34.1 Å². The summed E-state index contributed by atoms with van der Waals surface area (Å²) in [7, 11) is 0. The van der Waals surface area contributed by atoms with E-state index in [0.717, 1.165) is 23.0 Å². The fourth-order valence-electron chi connectivity index (χ4n) is 2.08. The zero-order valence-corrected chi connectivity index (χ0v) is 18.6. The number of thioether (sulfide) groups is 4. The number of carbonyl (C=O) groups is 2. The van der Waals surface area contributed by atoms with Crippen LogP contribution in [0.1, 0.15) is 35.5 Å². The maximum Gasteiger partial charge on any atom is 0.211 e. The Kier molecular flexibility index (Phi) is 12.3. The first-order valence-electron chi connectivity index (χ1n) is 8.39. The van der Waals surface area contributed by atoms with Crippen LogP contribution in [0, 0.1) is 0 Å². The standard InChI is InChI=1S/C20H26O2S4/c1-5-19(21)25-13-11-23-15(3)17-7-9-18(10-8-17)16(4)24-12-14-26-20(22)6-2/h5-10,15-16H,1-2,11-14H2,3-4H3. The maximum absolute atomic E-state index is 11.2. The lowest BCUT2D eigenvalue weighted by Crippen LogP contribution is -1.97. The molecule has 2 unspecified atom stereocenters. The van der Waals surface area contributed by atoms with Gasteiger partial charge in [-0.3, -0.25) is 9.59 Å². The van der Waals surface area contributed by atoms with Gasteiger partial charge in [-0.2, -0.15) is 23.5 Å². The summed E-state index contributed by atoms with van der Waals surface area (Å²) in [5.41, 5.74) is 2.62. The Labute approximate surface area is 174 Å². The lowest BCUT2D eigenvalue weighted by atomic mass is 10.1. The van der Waals surface area contributed by atoms with Crippen molar-refractivity contribution in [1.29, 1.82) is 0 Å². The normalized spacial score (nSPS) is 13.0. The van der Waals surface area contributed by atoms with Crippen LogP contribution in [0.15, 0.2) is 49.6 Å². The molecule has 0 N–H and O–H groups in total. The van der Waals surface area contributed by atoms with E-state index in [-0.39, 0.29) is 10.2 Å². The Bertz CT molecular complexity index is 545. The van der Waals surface area contributed by atoms with Crippen LogP contribution in [-0.4, -0.2) is 33.2 Å². The Hall–Kier alpha value is -0.560. The minimum absolute atomic E-state index is 0.0429. The van der Waals surface area contributed by atoms with Crippen molar-refractivity contribution in [3.63, 3.8) is 0 Å². The molecule has 1 rings (SSSR count). The largest absolute Gasteiger partial charge is 0.282 e. The summed E-state index contributed by atoms with van der Waals surface area (Å²) in [5, 5.41) is 0.906.